The zero-order valence-corrected chi connectivity index (χ0v) is 26.7. The summed E-state index contributed by atoms with van der Waals surface area (Å²) in [4.78, 5) is 40.4. The molecule has 10 heteroatoms. The van der Waals surface area contributed by atoms with Gasteiger partial charge in [-0.1, -0.05) is 72.8 Å². The number of nitro benzene ring substituents is 1. The van der Waals surface area contributed by atoms with E-state index >= 15 is 0 Å². The van der Waals surface area contributed by atoms with Gasteiger partial charge in [-0.25, -0.2) is 0 Å². The van der Waals surface area contributed by atoms with Crippen LogP contribution in [0.5, 0.6) is 0 Å². The Morgan fingerprint density at radius 3 is 1.73 bits per heavy atom. The van der Waals surface area contributed by atoms with Crippen molar-refractivity contribution in [2.24, 2.45) is 11.8 Å². The van der Waals surface area contributed by atoms with Gasteiger partial charge in [-0.3, -0.25) is 24.6 Å². The summed E-state index contributed by atoms with van der Waals surface area (Å²) < 4.78 is 9.84. The van der Waals surface area contributed by atoms with Crippen LogP contribution in [-0.2, 0) is 19.1 Å². The number of benzene rings is 3. The number of methoxy groups -OCH3 is 2. The van der Waals surface area contributed by atoms with Crippen LogP contribution in [0.2, 0.25) is 0 Å². The number of piperidine rings is 1. The molecule has 0 aliphatic carbocycles. The van der Waals surface area contributed by atoms with Crippen molar-refractivity contribution in [2.45, 2.75) is 37.9 Å². The smallest absolute Gasteiger partial charge is 0.310 e. The van der Waals surface area contributed by atoms with Crippen molar-refractivity contribution in [1.29, 1.82) is 0 Å². The molecule has 0 radical (unpaired) electrons. The zero-order chi connectivity index (χ0) is 32.5. The van der Waals surface area contributed by atoms with Gasteiger partial charge in [-0.05, 0) is 37.6 Å². The molecule has 0 spiro atoms. The number of likely N-dealkylation sites (N-methyl/N-ethyl adjacent to an activating group) is 1. The topological polar surface area (TPSA) is 114 Å². The maximum Gasteiger partial charge on any atom is 0.310 e. The first-order chi connectivity index (χ1) is 21.7. The molecule has 0 amide bonds. The minimum Gasteiger partial charge on any atom is -0.469 e. The Balaban J connectivity index is 0.000000209. The van der Waals surface area contributed by atoms with E-state index in [0.717, 1.165) is 26.2 Å². The molecule has 2 saturated heterocycles. The number of hydrogen-bond acceptors (Lipinski definition) is 9. The SMILES string of the molecule is CN1CCN(C(c2ccccc2)c2ccccc2)CC1.COC(=O)C1C(C)NC(C)C(C(=O)OC)C1c1cccc([N+](=O)[O-])c1. The Morgan fingerprint density at radius 2 is 1.29 bits per heavy atom. The third kappa shape index (κ3) is 8.13. The summed E-state index contributed by atoms with van der Waals surface area (Å²) in [7, 11) is 4.77. The third-order valence-electron chi connectivity index (χ3n) is 8.92. The highest BCUT2D eigenvalue weighted by atomic mass is 16.6. The molecule has 4 atom stereocenters. The van der Waals surface area contributed by atoms with Gasteiger partial charge in [0.1, 0.15) is 0 Å². The molecule has 3 aromatic carbocycles. The number of nitro groups is 1. The molecule has 4 unspecified atom stereocenters. The van der Waals surface area contributed by atoms with E-state index in [2.05, 4.69) is 82.8 Å². The van der Waals surface area contributed by atoms with Crippen molar-refractivity contribution in [3.63, 3.8) is 0 Å². The second kappa shape index (κ2) is 15.7. The molecule has 240 valence electrons. The lowest BCUT2D eigenvalue weighted by Gasteiger charge is -2.43. The summed E-state index contributed by atoms with van der Waals surface area (Å²) in [6, 6.07) is 27.6. The highest BCUT2D eigenvalue weighted by molar-refractivity contribution is 5.80. The molecule has 10 nitrogen and oxygen atoms in total. The molecule has 45 heavy (non-hydrogen) atoms. The highest BCUT2D eigenvalue weighted by Crippen LogP contribution is 2.42. The van der Waals surface area contributed by atoms with E-state index in [0.29, 0.717) is 11.6 Å². The molecule has 2 aliphatic rings. The van der Waals surface area contributed by atoms with Crippen LogP contribution in [0.3, 0.4) is 0 Å². The molecule has 2 heterocycles. The van der Waals surface area contributed by atoms with Crippen molar-refractivity contribution < 1.29 is 24.0 Å². The van der Waals surface area contributed by atoms with E-state index in [-0.39, 0.29) is 17.8 Å². The molecule has 3 aromatic rings. The molecule has 1 N–H and O–H groups in total. The van der Waals surface area contributed by atoms with Gasteiger partial charge in [0.25, 0.3) is 5.69 Å². The Bertz CT molecular complexity index is 1350. The summed E-state index contributed by atoms with van der Waals surface area (Å²) in [5.74, 6) is -2.89. The van der Waals surface area contributed by atoms with Crippen LogP contribution in [-0.4, -0.2) is 86.2 Å². The predicted molar refractivity (Wildman–Crippen MR) is 173 cm³/mol. The quantitative estimate of drug-likeness (QED) is 0.230. The minimum absolute atomic E-state index is 0.0939. The minimum atomic E-state index is -0.674. The largest absolute Gasteiger partial charge is 0.469 e. The van der Waals surface area contributed by atoms with Crippen LogP contribution < -0.4 is 5.32 Å². The first-order valence-corrected chi connectivity index (χ1v) is 15.3. The Labute approximate surface area is 265 Å². The van der Waals surface area contributed by atoms with E-state index in [1.165, 1.54) is 37.5 Å². The summed E-state index contributed by atoms with van der Waals surface area (Å²) in [6.07, 6.45) is 0. The van der Waals surface area contributed by atoms with Crippen LogP contribution in [0.25, 0.3) is 0 Å². The fourth-order valence-electron chi connectivity index (χ4n) is 6.67. The Hall–Kier alpha value is -4.12. The maximum atomic E-state index is 12.4. The lowest BCUT2D eigenvalue weighted by molar-refractivity contribution is -0.385. The maximum absolute atomic E-state index is 12.4. The number of esters is 2. The second-order valence-electron chi connectivity index (χ2n) is 11.8. The number of non-ortho nitro benzene ring substituents is 1. The third-order valence-corrected chi connectivity index (χ3v) is 8.92. The lowest BCUT2D eigenvalue weighted by Crippen LogP contribution is -2.58. The summed E-state index contributed by atoms with van der Waals surface area (Å²) >= 11 is 0. The summed E-state index contributed by atoms with van der Waals surface area (Å²) in [5, 5.41) is 14.3. The number of rotatable bonds is 7. The van der Waals surface area contributed by atoms with Crippen LogP contribution in [0, 0.1) is 22.0 Å². The second-order valence-corrected chi connectivity index (χ2v) is 11.8. The monoisotopic (exact) mass is 616 g/mol. The molecule has 0 saturated carbocycles. The van der Waals surface area contributed by atoms with Gasteiger partial charge < -0.3 is 19.7 Å². The standard InChI is InChI=1S/C18H22N2.C17H22N2O6/c1-19-12-14-20(15-13-19)18(16-8-4-2-5-9-16)17-10-6-3-7-11-17;1-9-13(16(20)24-3)15(14(10(2)18-9)17(21)25-4)11-6-5-7-12(8-11)19(22)23/h2-11,18H,12-15H2,1H3;5-10,13-15,18H,1-4H3. The average Bonchev–Trinajstić information content (AvgIpc) is 3.06. The first-order valence-electron chi connectivity index (χ1n) is 15.3. The van der Waals surface area contributed by atoms with E-state index in [9.17, 15) is 19.7 Å². The van der Waals surface area contributed by atoms with Crippen molar-refractivity contribution in [1.82, 2.24) is 15.1 Å². The van der Waals surface area contributed by atoms with E-state index < -0.39 is 34.6 Å². The first kappa shape index (κ1) is 33.8. The van der Waals surface area contributed by atoms with Crippen LogP contribution in [0.4, 0.5) is 5.69 Å². The van der Waals surface area contributed by atoms with Crippen LogP contribution >= 0.6 is 0 Å². The fraction of sp³-hybridized carbons (Fsp3) is 0.429. The number of piperazine rings is 1. The van der Waals surface area contributed by atoms with E-state index in [1.807, 2.05) is 13.8 Å². The van der Waals surface area contributed by atoms with Crippen molar-refractivity contribution >= 4 is 17.6 Å². The average molecular weight is 617 g/mol. The van der Waals surface area contributed by atoms with E-state index in [4.69, 9.17) is 9.47 Å². The Kier molecular flexibility index (Phi) is 11.8. The number of carbonyl (C=O) groups is 2. The van der Waals surface area contributed by atoms with Gasteiger partial charge in [0.2, 0.25) is 0 Å². The number of ether oxygens (including phenoxy) is 2. The van der Waals surface area contributed by atoms with Crippen molar-refractivity contribution in [2.75, 3.05) is 47.4 Å². The van der Waals surface area contributed by atoms with Crippen molar-refractivity contribution in [3.8, 4) is 0 Å². The molecule has 2 aliphatic heterocycles. The lowest BCUT2D eigenvalue weighted by atomic mass is 9.68. The molecule has 0 bridgehead atoms. The molecule has 5 rings (SSSR count). The summed E-state index contributed by atoms with van der Waals surface area (Å²) in [6.45, 7) is 8.22. The number of nitrogens with zero attached hydrogens (tertiary/aromatic N) is 3. The van der Waals surface area contributed by atoms with Gasteiger partial charge in [-0.15, -0.1) is 0 Å². The molecule has 0 aromatic heterocycles. The normalized spacial score (nSPS) is 23.8. The zero-order valence-electron chi connectivity index (χ0n) is 26.7. The van der Waals surface area contributed by atoms with Gasteiger partial charge in [0.05, 0.1) is 37.0 Å². The number of nitrogens with one attached hydrogen (secondary N) is 1. The van der Waals surface area contributed by atoms with Gasteiger partial charge >= 0.3 is 11.9 Å². The van der Waals surface area contributed by atoms with Gasteiger partial charge in [0, 0.05) is 56.3 Å². The number of hydrogen-bond donors (Lipinski definition) is 1. The molecular weight excluding hydrogens is 572 g/mol. The summed E-state index contributed by atoms with van der Waals surface area (Å²) in [5.41, 5.74) is 3.23. The van der Waals surface area contributed by atoms with E-state index in [1.54, 1.807) is 12.1 Å². The van der Waals surface area contributed by atoms with Crippen LogP contribution in [0.15, 0.2) is 84.9 Å². The molecular formula is C35H44N4O6. The predicted octanol–water partition coefficient (Wildman–Crippen LogP) is 4.66. The van der Waals surface area contributed by atoms with Crippen LogP contribution in [0.1, 0.15) is 42.5 Å². The molecule has 2 fully saturated rings. The highest BCUT2D eigenvalue weighted by Gasteiger charge is 2.49. The van der Waals surface area contributed by atoms with Gasteiger partial charge in [-0.2, -0.15) is 0 Å². The number of carbonyl (C=O) groups excluding carboxylic acids is 2. The Morgan fingerprint density at radius 1 is 0.800 bits per heavy atom. The van der Waals surface area contributed by atoms with Crippen molar-refractivity contribution in [3.05, 3.63) is 112 Å². The fourth-order valence-corrected chi connectivity index (χ4v) is 6.67. The van der Waals surface area contributed by atoms with Gasteiger partial charge in [0.15, 0.2) is 0 Å².